The molecule has 0 fully saturated rings. The monoisotopic (exact) mass is 543 g/mol. The van der Waals surface area contributed by atoms with Crippen molar-refractivity contribution < 1.29 is 13.6 Å². The molecule has 2 N–H and O–H groups in total. The predicted octanol–water partition coefficient (Wildman–Crippen LogP) is 7.64. The van der Waals surface area contributed by atoms with Gasteiger partial charge < -0.3 is 14.2 Å². The van der Waals surface area contributed by atoms with Crippen LogP contribution in [-0.2, 0) is 6.54 Å². The zero-order chi connectivity index (χ0) is 26.8. The van der Waals surface area contributed by atoms with Crippen LogP contribution in [0.2, 0.25) is 5.02 Å². The first-order valence-electron chi connectivity index (χ1n) is 12.2. The standard InChI is InChI=1S/C30H26ClN3O3S/c1-17(2)21-10-11-26-24(15-21)33-29(37-26)20-8-5-19(6-9-20)16-32-30(38)34-28(35)27-13-12-25(36-27)22-7-4-18(3)23(31)14-22/h4-15,17H,16H2,1-3H3,(H2,32,34,35,38). The minimum absolute atomic E-state index is 0.157. The topological polar surface area (TPSA) is 80.3 Å². The van der Waals surface area contributed by atoms with Crippen molar-refractivity contribution in [1.82, 2.24) is 15.6 Å². The fourth-order valence-electron chi connectivity index (χ4n) is 3.94. The number of halogens is 1. The number of thiocarbonyl (C=S) groups is 1. The summed E-state index contributed by atoms with van der Waals surface area (Å²) in [5.74, 6) is 1.28. The number of hydrogen-bond acceptors (Lipinski definition) is 5. The van der Waals surface area contributed by atoms with E-state index in [1.54, 1.807) is 12.1 Å². The fraction of sp³-hybridized carbons (Fsp3) is 0.167. The lowest BCUT2D eigenvalue weighted by Crippen LogP contribution is -2.38. The molecule has 2 heterocycles. The number of furan rings is 1. The van der Waals surface area contributed by atoms with Crippen LogP contribution in [0.5, 0.6) is 0 Å². The molecule has 0 aliphatic heterocycles. The summed E-state index contributed by atoms with van der Waals surface area (Å²) < 4.78 is 11.7. The molecule has 0 atom stereocenters. The van der Waals surface area contributed by atoms with E-state index in [0.29, 0.717) is 29.1 Å². The molecule has 6 nitrogen and oxygen atoms in total. The number of fused-ring (bicyclic) bond motifs is 1. The zero-order valence-corrected chi connectivity index (χ0v) is 22.7. The van der Waals surface area contributed by atoms with E-state index < -0.39 is 5.91 Å². The molecule has 5 aromatic rings. The Hall–Kier alpha value is -3.94. The van der Waals surface area contributed by atoms with Gasteiger partial charge in [-0.25, -0.2) is 4.98 Å². The largest absolute Gasteiger partial charge is 0.451 e. The number of carbonyl (C=O) groups excluding carboxylic acids is 1. The summed E-state index contributed by atoms with van der Waals surface area (Å²) >= 11 is 11.5. The lowest BCUT2D eigenvalue weighted by molar-refractivity contribution is 0.0950. The second kappa shape index (κ2) is 10.8. The maximum atomic E-state index is 12.6. The second-order valence-electron chi connectivity index (χ2n) is 9.36. The Balaban J connectivity index is 1.17. The minimum atomic E-state index is -0.432. The van der Waals surface area contributed by atoms with Crippen molar-refractivity contribution in [2.75, 3.05) is 0 Å². The quantitative estimate of drug-likeness (QED) is 0.214. The third-order valence-electron chi connectivity index (χ3n) is 6.25. The molecule has 0 saturated heterocycles. The van der Waals surface area contributed by atoms with Crippen LogP contribution in [0, 0.1) is 6.92 Å². The Labute approximate surface area is 231 Å². The van der Waals surface area contributed by atoms with Crippen LogP contribution >= 0.6 is 23.8 Å². The van der Waals surface area contributed by atoms with Gasteiger partial charge in [-0.2, -0.15) is 0 Å². The summed E-state index contributed by atoms with van der Waals surface area (Å²) in [6, 6.07) is 22.9. The normalized spacial score (nSPS) is 11.2. The summed E-state index contributed by atoms with van der Waals surface area (Å²) in [5.41, 5.74) is 6.48. The molecule has 0 unspecified atom stereocenters. The van der Waals surface area contributed by atoms with Gasteiger partial charge in [-0.05, 0) is 84.2 Å². The van der Waals surface area contributed by atoms with Crippen LogP contribution in [-0.4, -0.2) is 16.0 Å². The summed E-state index contributed by atoms with van der Waals surface area (Å²) in [5, 5.41) is 6.54. The Kier molecular flexibility index (Phi) is 7.31. The van der Waals surface area contributed by atoms with Gasteiger partial charge in [-0.15, -0.1) is 0 Å². The lowest BCUT2D eigenvalue weighted by atomic mass is 10.0. The first-order chi connectivity index (χ1) is 18.3. The van der Waals surface area contributed by atoms with Gasteiger partial charge in [0.25, 0.3) is 5.91 Å². The molecular formula is C30H26ClN3O3S. The van der Waals surface area contributed by atoms with Gasteiger partial charge in [0.2, 0.25) is 5.89 Å². The summed E-state index contributed by atoms with van der Waals surface area (Å²) in [6.45, 7) is 6.68. The molecule has 5 rings (SSSR count). The summed E-state index contributed by atoms with van der Waals surface area (Å²) in [4.78, 5) is 17.2. The third-order valence-corrected chi connectivity index (χ3v) is 6.90. The Morgan fingerprint density at radius 3 is 2.47 bits per heavy atom. The fourth-order valence-corrected chi connectivity index (χ4v) is 4.29. The molecule has 0 aliphatic carbocycles. The number of carbonyl (C=O) groups is 1. The van der Waals surface area contributed by atoms with Gasteiger partial charge in [0.05, 0.1) is 0 Å². The number of nitrogens with zero attached hydrogens (tertiary/aromatic N) is 1. The zero-order valence-electron chi connectivity index (χ0n) is 21.2. The van der Waals surface area contributed by atoms with Crippen molar-refractivity contribution in [3.63, 3.8) is 0 Å². The van der Waals surface area contributed by atoms with E-state index in [1.807, 2.05) is 55.5 Å². The van der Waals surface area contributed by atoms with Crippen molar-refractivity contribution in [2.45, 2.75) is 33.2 Å². The molecular weight excluding hydrogens is 518 g/mol. The Morgan fingerprint density at radius 2 is 1.74 bits per heavy atom. The van der Waals surface area contributed by atoms with Crippen molar-refractivity contribution >= 4 is 45.9 Å². The highest BCUT2D eigenvalue weighted by molar-refractivity contribution is 7.80. The van der Waals surface area contributed by atoms with Crippen molar-refractivity contribution in [3.8, 4) is 22.8 Å². The molecule has 0 aliphatic rings. The first-order valence-corrected chi connectivity index (χ1v) is 13.0. The average molecular weight is 544 g/mol. The molecule has 192 valence electrons. The Morgan fingerprint density at radius 1 is 0.974 bits per heavy atom. The van der Waals surface area contributed by atoms with E-state index in [4.69, 9.17) is 32.7 Å². The van der Waals surface area contributed by atoms with Crippen LogP contribution in [0.3, 0.4) is 0 Å². The predicted molar refractivity (Wildman–Crippen MR) is 154 cm³/mol. The summed E-state index contributed by atoms with van der Waals surface area (Å²) in [7, 11) is 0. The van der Waals surface area contributed by atoms with E-state index in [1.165, 1.54) is 5.56 Å². The van der Waals surface area contributed by atoms with E-state index in [-0.39, 0.29) is 10.9 Å². The molecule has 0 radical (unpaired) electrons. The van der Waals surface area contributed by atoms with Gasteiger partial charge in [-0.3, -0.25) is 10.1 Å². The van der Waals surface area contributed by atoms with E-state index in [2.05, 4.69) is 41.6 Å². The number of amides is 1. The highest BCUT2D eigenvalue weighted by atomic mass is 35.5. The van der Waals surface area contributed by atoms with Crippen molar-refractivity contribution in [2.24, 2.45) is 0 Å². The number of aromatic nitrogens is 1. The SMILES string of the molecule is Cc1ccc(-c2ccc(C(=O)NC(=S)NCc3ccc(-c4nc5cc(C(C)C)ccc5o4)cc3)o2)cc1Cl. The van der Waals surface area contributed by atoms with Crippen LogP contribution in [0.15, 0.2) is 81.6 Å². The van der Waals surface area contributed by atoms with E-state index in [9.17, 15) is 4.79 Å². The Bertz CT molecular complexity index is 1640. The maximum absolute atomic E-state index is 12.6. The highest BCUT2D eigenvalue weighted by Crippen LogP contribution is 2.28. The van der Waals surface area contributed by atoms with Crippen molar-refractivity contribution in [1.29, 1.82) is 0 Å². The molecule has 38 heavy (non-hydrogen) atoms. The first kappa shape index (κ1) is 25.7. The van der Waals surface area contributed by atoms with E-state index in [0.717, 1.165) is 33.4 Å². The van der Waals surface area contributed by atoms with Gasteiger partial charge in [-0.1, -0.05) is 55.8 Å². The minimum Gasteiger partial charge on any atom is -0.451 e. The van der Waals surface area contributed by atoms with Crippen molar-refractivity contribution in [3.05, 3.63) is 100 Å². The van der Waals surface area contributed by atoms with Gasteiger partial charge in [0.1, 0.15) is 11.3 Å². The number of aryl methyl sites for hydroxylation is 1. The lowest BCUT2D eigenvalue weighted by Gasteiger charge is -2.09. The molecule has 3 aromatic carbocycles. The third kappa shape index (κ3) is 5.64. The molecule has 2 aromatic heterocycles. The van der Waals surface area contributed by atoms with Gasteiger partial charge in [0.15, 0.2) is 16.5 Å². The maximum Gasteiger partial charge on any atom is 0.293 e. The smallest absolute Gasteiger partial charge is 0.293 e. The average Bonchev–Trinajstić information content (AvgIpc) is 3.57. The molecule has 1 amide bonds. The highest BCUT2D eigenvalue weighted by Gasteiger charge is 2.15. The van der Waals surface area contributed by atoms with Crippen LogP contribution < -0.4 is 10.6 Å². The molecule has 0 spiro atoms. The molecule has 0 saturated carbocycles. The van der Waals surface area contributed by atoms with Crippen LogP contribution in [0.4, 0.5) is 0 Å². The van der Waals surface area contributed by atoms with Crippen LogP contribution in [0.25, 0.3) is 33.9 Å². The number of oxazole rings is 1. The second-order valence-corrected chi connectivity index (χ2v) is 10.2. The van der Waals surface area contributed by atoms with Gasteiger partial charge in [0, 0.05) is 22.7 Å². The molecule has 0 bridgehead atoms. The van der Waals surface area contributed by atoms with Gasteiger partial charge >= 0.3 is 0 Å². The van der Waals surface area contributed by atoms with Crippen LogP contribution in [0.1, 0.15) is 47.0 Å². The number of benzene rings is 3. The number of hydrogen-bond donors (Lipinski definition) is 2. The summed E-state index contributed by atoms with van der Waals surface area (Å²) in [6.07, 6.45) is 0. The number of nitrogens with one attached hydrogen (secondary N) is 2. The number of rotatable bonds is 6. The molecule has 8 heteroatoms. The van der Waals surface area contributed by atoms with E-state index >= 15 is 0 Å².